The van der Waals surface area contributed by atoms with Crippen LogP contribution in [0.25, 0.3) is 0 Å². The highest BCUT2D eigenvalue weighted by atomic mass is 16.4. The fourth-order valence-corrected chi connectivity index (χ4v) is 4.22. The Balaban J connectivity index is 1.77. The van der Waals surface area contributed by atoms with E-state index in [1.54, 1.807) is 6.07 Å². The van der Waals surface area contributed by atoms with Gasteiger partial charge in [0.1, 0.15) is 0 Å². The van der Waals surface area contributed by atoms with Gasteiger partial charge >= 0.3 is 5.97 Å². The number of carbonyl (C=O) groups is 1. The summed E-state index contributed by atoms with van der Waals surface area (Å²) < 4.78 is 0. The van der Waals surface area contributed by atoms with Crippen LogP contribution in [0.3, 0.4) is 0 Å². The Kier molecular flexibility index (Phi) is 3.45. The van der Waals surface area contributed by atoms with Gasteiger partial charge in [-0.3, -0.25) is 0 Å². The number of carboxylic acid groups (broad SMARTS) is 1. The molecule has 20 heavy (non-hydrogen) atoms. The highest BCUT2D eigenvalue weighted by molar-refractivity contribution is 5.94. The summed E-state index contributed by atoms with van der Waals surface area (Å²) in [6.07, 6.45) is 5.46. The van der Waals surface area contributed by atoms with E-state index < -0.39 is 5.97 Å². The van der Waals surface area contributed by atoms with Crippen molar-refractivity contribution in [1.29, 1.82) is 0 Å². The van der Waals surface area contributed by atoms with Crippen LogP contribution in [0.1, 0.15) is 48.5 Å². The van der Waals surface area contributed by atoms with E-state index in [9.17, 15) is 9.90 Å². The Bertz CT molecular complexity index is 526. The minimum atomic E-state index is -0.854. The highest BCUT2D eigenvalue weighted by Crippen LogP contribution is 2.49. The summed E-state index contributed by atoms with van der Waals surface area (Å²) in [5.41, 5.74) is 2.25. The molecule has 1 aromatic rings. The van der Waals surface area contributed by atoms with Crippen LogP contribution in [-0.4, -0.2) is 17.1 Å². The van der Waals surface area contributed by atoms with Crippen molar-refractivity contribution in [3.63, 3.8) is 0 Å². The van der Waals surface area contributed by atoms with Gasteiger partial charge in [-0.15, -0.1) is 0 Å². The number of aromatic carboxylic acids is 1. The molecule has 3 rings (SSSR count). The minimum Gasteiger partial charge on any atom is -0.478 e. The Hall–Kier alpha value is -1.51. The van der Waals surface area contributed by atoms with E-state index in [0.29, 0.717) is 17.5 Å². The van der Waals surface area contributed by atoms with Gasteiger partial charge in [0.2, 0.25) is 0 Å². The van der Waals surface area contributed by atoms with Crippen molar-refractivity contribution in [2.45, 2.75) is 45.6 Å². The quantitative estimate of drug-likeness (QED) is 0.874. The van der Waals surface area contributed by atoms with Gasteiger partial charge in [0, 0.05) is 11.7 Å². The summed E-state index contributed by atoms with van der Waals surface area (Å²) >= 11 is 0. The van der Waals surface area contributed by atoms with Gasteiger partial charge in [0.15, 0.2) is 0 Å². The zero-order valence-electron chi connectivity index (χ0n) is 12.2. The average molecular weight is 273 g/mol. The topological polar surface area (TPSA) is 49.3 Å². The monoisotopic (exact) mass is 273 g/mol. The van der Waals surface area contributed by atoms with Gasteiger partial charge in [-0.2, -0.15) is 0 Å². The van der Waals surface area contributed by atoms with Crippen molar-refractivity contribution in [1.82, 2.24) is 0 Å². The summed E-state index contributed by atoms with van der Waals surface area (Å²) in [7, 11) is 0. The molecule has 4 atom stereocenters. The fraction of sp³-hybridized carbons (Fsp3) is 0.588. The van der Waals surface area contributed by atoms with Gasteiger partial charge in [-0.05, 0) is 68.6 Å². The molecule has 108 valence electrons. The van der Waals surface area contributed by atoms with Gasteiger partial charge < -0.3 is 10.4 Å². The maximum absolute atomic E-state index is 11.3. The Morgan fingerprint density at radius 1 is 1.35 bits per heavy atom. The summed E-state index contributed by atoms with van der Waals surface area (Å²) in [6, 6.07) is 5.86. The van der Waals surface area contributed by atoms with Crippen LogP contribution in [0.5, 0.6) is 0 Å². The molecule has 0 amide bonds. The first-order chi connectivity index (χ1) is 9.54. The highest BCUT2D eigenvalue weighted by Gasteiger charge is 2.41. The lowest BCUT2D eigenvalue weighted by atomic mass is 9.84. The summed E-state index contributed by atoms with van der Waals surface area (Å²) in [5, 5.41) is 12.8. The molecule has 0 radical (unpaired) electrons. The number of hydrogen-bond donors (Lipinski definition) is 2. The van der Waals surface area contributed by atoms with Crippen molar-refractivity contribution in [3.05, 3.63) is 29.3 Å². The normalized spacial score (nSPS) is 29.4. The number of nitrogens with one attached hydrogen (secondary N) is 1. The van der Waals surface area contributed by atoms with E-state index >= 15 is 0 Å². The molecule has 3 nitrogen and oxygen atoms in total. The molecule has 2 N–H and O–H groups in total. The van der Waals surface area contributed by atoms with Crippen molar-refractivity contribution in [2.75, 3.05) is 5.32 Å². The van der Waals surface area contributed by atoms with Gasteiger partial charge in [0.05, 0.1) is 5.56 Å². The maximum Gasteiger partial charge on any atom is 0.337 e. The molecule has 0 aliphatic heterocycles. The Morgan fingerprint density at radius 3 is 2.75 bits per heavy atom. The van der Waals surface area contributed by atoms with E-state index in [1.807, 2.05) is 19.1 Å². The number of aryl methyl sites for hydroxylation is 1. The van der Waals surface area contributed by atoms with E-state index in [0.717, 1.165) is 23.1 Å². The number of anilines is 1. The lowest BCUT2D eigenvalue weighted by Gasteiger charge is -2.29. The van der Waals surface area contributed by atoms with Crippen molar-refractivity contribution < 1.29 is 9.90 Å². The number of fused-ring (bicyclic) bond motifs is 2. The smallest absolute Gasteiger partial charge is 0.337 e. The SMILES string of the molecule is Cc1ccc(C(=O)O)c(NC(C)C2CC3CCC2C3)c1. The molecule has 0 heterocycles. The minimum absolute atomic E-state index is 0.352. The number of hydrogen-bond acceptors (Lipinski definition) is 2. The van der Waals surface area contributed by atoms with Crippen LogP contribution in [0.15, 0.2) is 18.2 Å². The molecule has 1 aromatic carbocycles. The first kappa shape index (κ1) is 13.5. The largest absolute Gasteiger partial charge is 0.478 e. The molecular weight excluding hydrogens is 250 g/mol. The summed E-state index contributed by atoms with van der Waals surface area (Å²) in [4.78, 5) is 11.3. The first-order valence-corrected chi connectivity index (χ1v) is 7.65. The standard InChI is InChI=1S/C17H23NO2/c1-10-3-6-14(17(19)20)16(7-10)18-11(2)15-9-12-4-5-13(15)8-12/h3,6-7,11-13,15,18H,4-5,8-9H2,1-2H3,(H,19,20). The molecule has 0 spiro atoms. The molecule has 0 saturated heterocycles. The van der Waals surface area contributed by atoms with E-state index in [1.165, 1.54) is 25.7 Å². The van der Waals surface area contributed by atoms with E-state index in [-0.39, 0.29) is 0 Å². The number of rotatable bonds is 4. The van der Waals surface area contributed by atoms with Crippen molar-refractivity contribution in [3.8, 4) is 0 Å². The van der Waals surface area contributed by atoms with Crippen LogP contribution < -0.4 is 5.32 Å². The molecule has 2 fully saturated rings. The van der Waals surface area contributed by atoms with Gasteiger partial charge in [-0.25, -0.2) is 4.79 Å². The molecule has 4 unspecified atom stereocenters. The molecule has 3 heteroatoms. The van der Waals surface area contributed by atoms with Gasteiger partial charge in [0.25, 0.3) is 0 Å². The Morgan fingerprint density at radius 2 is 2.15 bits per heavy atom. The van der Waals surface area contributed by atoms with Crippen LogP contribution in [-0.2, 0) is 0 Å². The lowest BCUT2D eigenvalue weighted by Crippen LogP contribution is -2.30. The van der Waals surface area contributed by atoms with Gasteiger partial charge in [-0.1, -0.05) is 12.5 Å². The third kappa shape index (κ3) is 2.41. The maximum atomic E-state index is 11.3. The molecule has 2 bridgehead atoms. The van der Waals surface area contributed by atoms with Crippen LogP contribution in [0.2, 0.25) is 0 Å². The Labute approximate surface area is 120 Å². The number of carboxylic acids is 1. The zero-order valence-corrected chi connectivity index (χ0v) is 12.2. The summed E-state index contributed by atoms with van der Waals surface area (Å²) in [5.74, 6) is 1.62. The zero-order chi connectivity index (χ0) is 14.3. The third-order valence-electron chi connectivity index (χ3n) is 5.22. The lowest BCUT2D eigenvalue weighted by molar-refractivity contribution is 0.0698. The molecular formula is C17H23NO2. The second-order valence-corrected chi connectivity index (χ2v) is 6.63. The van der Waals surface area contributed by atoms with Crippen LogP contribution in [0, 0.1) is 24.7 Å². The molecule has 2 aliphatic rings. The predicted octanol–water partition coefficient (Wildman–Crippen LogP) is 3.93. The molecule has 2 aliphatic carbocycles. The second kappa shape index (κ2) is 5.12. The van der Waals surface area contributed by atoms with E-state index in [2.05, 4.69) is 12.2 Å². The number of benzene rings is 1. The summed E-state index contributed by atoms with van der Waals surface area (Å²) in [6.45, 7) is 4.21. The van der Waals surface area contributed by atoms with Crippen LogP contribution >= 0.6 is 0 Å². The van der Waals surface area contributed by atoms with Crippen LogP contribution in [0.4, 0.5) is 5.69 Å². The molecule has 0 aromatic heterocycles. The first-order valence-electron chi connectivity index (χ1n) is 7.65. The third-order valence-corrected chi connectivity index (χ3v) is 5.22. The predicted molar refractivity (Wildman–Crippen MR) is 80.2 cm³/mol. The van der Waals surface area contributed by atoms with Crippen molar-refractivity contribution in [2.24, 2.45) is 17.8 Å². The molecule has 2 saturated carbocycles. The fourth-order valence-electron chi connectivity index (χ4n) is 4.22. The van der Waals surface area contributed by atoms with Crippen molar-refractivity contribution >= 4 is 11.7 Å². The van der Waals surface area contributed by atoms with E-state index in [4.69, 9.17) is 0 Å². The second-order valence-electron chi connectivity index (χ2n) is 6.63. The average Bonchev–Trinajstić information content (AvgIpc) is 3.00.